The van der Waals surface area contributed by atoms with Crippen LogP contribution in [-0.2, 0) is 10.3 Å². The number of fused-ring (bicyclic) bond motifs is 1. The molecule has 3 aromatic rings. The van der Waals surface area contributed by atoms with E-state index in [0.29, 0.717) is 18.3 Å². The zero-order valence-electron chi connectivity index (χ0n) is 16.3. The molecule has 0 radical (unpaired) electrons. The van der Waals surface area contributed by atoms with Gasteiger partial charge in [0.05, 0.1) is 17.6 Å². The number of ether oxygens (including phenoxy) is 1. The van der Waals surface area contributed by atoms with Gasteiger partial charge in [-0.25, -0.2) is 19.9 Å². The summed E-state index contributed by atoms with van der Waals surface area (Å²) in [6.45, 7) is 1.58. The average Bonchev–Trinajstić information content (AvgIpc) is 3.19. The van der Waals surface area contributed by atoms with Gasteiger partial charge in [-0.1, -0.05) is 0 Å². The number of aromatic nitrogens is 4. The van der Waals surface area contributed by atoms with Crippen LogP contribution in [-0.4, -0.2) is 44.8 Å². The van der Waals surface area contributed by atoms with E-state index in [1.54, 1.807) is 12.4 Å². The number of pyridine rings is 1. The smallest absolute Gasteiger partial charge is 0.154 e. The summed E-state index contributed by atoms with van der Waals surface area (Å²) in [4.78, 5) is 18.2. The van der Waals surface area contributed by atoms with Crippen molar-refractivity contribution in [2.75, 3.05) is 13.2 Å². The zero-order chi connectivity index (χ0) is 20.6. The topological polar surface area (TPSA) is 103 Å². The SMILES string of the molecule is NC1(c2nccc(-c3cnc4ccc(Br)cn34)n2)C=NC(NC2CCOCC2)=CC1. The van der Waals surface area contributed by atoms with Crippen molar-refractivity contribution in [2.24, 2.45) is 10.7 Å². The van der Waals surface area contributed by atoms with Gasteiger partial charge in [0.25, 0.3) is 0 Å². The van der Waals surface area contributed by atoms with E-state index < -0.39 is 5.54 Å². The molecule has 0 saturated carbocycles. The van der Waals surface area contributed by atoms with Gasteiger partial charge in [-0.2, -0.15) is 0 Å². The molecule has 2 aliphatic rings. The van der Waals surface area contributed by atoms with Crippen LogP contribution in [0.2, 0.25) is 0 Å². The Morgan fingerprint density at radius 3 is 2.87 bits per heavy atom. The summed E-state index contributed by atoms with van der Waals surface area (Å²) in [5, 5.41) is 3.48. The molecule has 5 rings (SSSR count). The highest BCUT2D eigenvalue weighted by Crippen LogP contribution is 2.26. The number of aliphatic imine (C=N–C) groups is 1. The zero-order valence-corrected chi connectivity index (χ0v) is 17.9. The van der Waals surface area contributed by atoms with E-state index in [4.69, 9.17) is 15.5 Å². The Morgan fingerprint density at radius 1 is 1.20 bits per heavy atom. The van der Waals surface area contributed by atoms with E-state index in [1.165, 1.54) is 0 Å². The van der Waals surface area contributed by atoms with E-state index in [9.17, 15) is 0 Å². The van der Waals surface area contributed by atoms with Gasteiger partial charge in [-0.05, 0) is 59.5 Å². The number of hydrogen-bond donors (Lipinski definition) is 2. The third kappa shape index (κ3) is 3.76. The van der Waals surface area contributed by atoms with Gasteiger partial charge in [-0.3, -0.25) is 4.40 Å². The average molecular weight is 468 g/mol. The molecule has 8 nitrogen and oxygen atoms in total. The Labute approximate surface area is 182 Å². The van der Waals surface area contributed by atoms with Crippen LogP contribution >= 0.6 is 15.9 Å². The lowest BCUT2D eigenvalue weighted by Crippen LogP contribution is -2.43. The van der Waals surface area contributed by atoms with Gasteiger partial charge >= 0.3 is 0 Å². The van der Waals surface area contributed by atoms with Crippen LogP contribution in [0.5, 0.6) is 0 Å². The molecule has 30 heavy (non-hydrogen) atoms. The minimum atomic E-state index is -0.849. The van der Waals surface area contributed by atoms with E-state index in [2.05, 4.69) is 36.2 Å². The lowest BCUT2D eigenvalue weighted by atomic mass is 9.94. The highest BCUT2D eigenvalue weighted by Gasteiger charge is 2.31. The molecule has 154 valence electrons. The van der Waals surface area contributed by atoms with Crippen molar-refractivity contribution in [2.45, 2.75) is 30.8 Å². The first-order valence-electron chi connectivity index (χ1n) is 9.96. The molecular weight excluding hydrogens is 446 g/mol. The lowest BCUT2D eigenvalue weighted by molar-refractivity contribution is 0.0802. The van der Waals surface area contributed by atoms with Crippen molar-refractivity contribution in [1.82, 2.24) is 24.7 Å². The van der Waals surface area contributed by atoms with Crippen LogP contribution in [0.4, 0.5) is 0 Å². The highest BCUT2D eigenvalue weighted by molar-refractivity contribution is 9.10. The quantitative estimate of drug-likeness (QED) is 0.611. The summed E-state index contributed by atoms with van der Waals surface area (Å²) < 4.78 is 8.37. The molecule has 5 heterocycles. The number of imidazole rings is 1. The third-order valence-corrected chi connectivity index (χ3v) is 5.91. The monoisotopic (exact) mass is 467 g/mol. The normalized spacial score (nSPS) is 22.3. The molecule has 1 unspecified atom stereocenters. The first-order chi connectivity index (χ1) is 14.6. The Balaban J connectivity index is 1.39. The minimum Gasteiger partial charge on any atom is -0.381 e. The van der Waals surface area contributed by atoms with Gasteiger partial charge in [-0.15, -0.1) is 0 Å². The van der Waals surface area contributed by atoms with Gasteiger partial charge in [0.2, 0.25) is 0 Å². The molecule has 2 aliphatic heterocycles. The molecule has 0 amide bonds. The first-order valence-corrected chi connectivity index (χ1v) is 10.8. The summed E-state index contributed by atoms with van der Waals surface area (Å²) in [6, 6.07) is 6.17. The molecule has 1 saturated heterocycles. The fourth-order valence-corrected chi connectivity index (χ4v) is 4.06. The Hall–Kier alpha value is -2.62. The van der Waals surface area contributed by atoms with Gasteiger partial charge < -0.3 is 15.8 Å². The fourth-order valence-electron chi connectivity index (χ4n) is 3.72. The summed E-state index contributed by atoms with van der Waals surface area (Å²) in [5.74, 6) is 1.39. The van der Waals surface area contributed by atoms with E-state index in [0.717, 1.165) is 53.4 Å². The maximum Gasteiger partial charge on any atom is 0.154 e. The number of nitrogens with two attached hydrogens (primary N) is 1. The van der Waals surface area contributed by atoms with Crippen LogP contribution in [0, 0.1) is 0 Å². The number of nitrogens with zero attached hydrogens (tertiary/aromatic N) is 5. The van der Waals surface area contributed by atoms with Gasteiger partial charge in [0, 0.05) is 42.3 Å². The second-order valence-corrected chi connectivity index (χ2v) is 8.52. The summed E-state index contributed by atoms with van der Waals surface area (Å²) >= 11 is 3.51. The van der Waals surface area contributed by atoms with Crippen molar-refractivity contribution in [1.29, 1.82) is 0 Å². The first kappa shape index (κ1) is 19.3. The standard InChI is InChI=1S/C21H22BrN7O/c22-14-1-2-19-25-11-17(29(19)12-14)16-4-8-24-20(28-16)21(23)7-3-18(26-13-21)27-15-5-9-30-10-6-15/h1-4,8,11-13,15,27H,5-7,9-10,23H2. The molecule has 0 bridgehead atoms. The van der Waals surface area contributed by atoms with E-state index >= 15 is 0 Å². The third-order valence-electron chi connectivity index (χ3n) is 5.44. The number of nitrogens with one attached hydrogen (secondary N) is 1. The molecular formula is C21H22BrN7O. The molecule has 0 aromatic carbocycles. The minimum absolute atomic E-state index is 0.390. The predicted molar refractivity (Wildman–Crippen MR) is 118 cm³/mol. The predicted octanol–water partition coefficient (Wildman–Crippen LogP) is 2.79. The van der Waals surface area contributed by atoms with Crippen LogP contribution < -0.4 is 11.1 Å². The maximum absolute atomic E-state index is 6.64. The number of halogens is 1. The van der Waals surface area contributed by atoms with Crippen LogP contribution in [0.15, 0.2) is 58.2 Å². The maximum atomic E-state index is 6.64. The van der Waals surface area contributed by atoms with Gasteiger partial charge in [0.1, 0.15) is 17.0 Å². The van der Waals surface area contributed by atoms with Crippen molar-refractivity contribution in [3.8, 4) is 11.4 Å². The Bertz CT molecular complexity index is 1140. The molecule has 9 heteroatoms. The van der Waals surface area contributed by atoms with Crippen molar-refractivity contribution in [3.05, 3.63) is 59.0 Å². The fraction of sp³-hybridized carbons (Fsp3) is 0.333. The Kier molecular flexibility index (Phi) is 5.10. The van der Waals surface area contributed by atoms with E-state index in [1.807, 2.05) is 41.1 Å². The van der Waals surface area contributed by atoms with Crippen LogP contribution in [0.3, 0.4) is 0 Å². The largest absolute Gasteiger partial charge is 0.381 e. The molecule has 1 fully saturated rings. The summed E-state index contributed by atoms with van der Waals surface area (Å²) in [6.07, 6.45) is 11.8. The van der Waals surface area contributed by atoms with E-state index in [-0.39, 0.29) is 0 Å². The van der Waals surface area contributed by atoms with Crippen LogP contribution in [0.25, 0.3) is 17.0 Å². The highest BCUT2D eigenvalue weighted by atomic mass is 79.9. The van der Waals surface area contributed by atoms with Crippen molar-refractivity contribution < 1.29 is 4.74 Å². The Morgan fingerprint density at radius 2 is 2.07 bits per heavy atom. The van der Waals surface area contributed by atoms with Gasteiger partial charge in [0.15, 0.2) is 5.82 Å². The summed E-state index contributed by atoms with van der Waals surface area (Å²) in [5.41, 5.74) is 8.28. The molecule has 3 aromatic heterocycles. The lowest BCUT2D eigenvalue weighted by Gasteiger charge is -2.28. The number of rotatable bonds is 4. The molecule has 1 atom stereocenters. The van der Waals surface area contributed by atoms with Crippen molar-refractivity contribution in [3.63, 3.8) is 0 Å². The second kappa shape index (κ2) is 7.90. The van der Waals surface area contributed by atoms with Crippen LogP contribution in [0.1, 0.15) is 25.1 Å². The molecule has 0 aliphatic carbocycles. The number of hydrogen-bond acceptors (Lipinski definition) is 7. The molecule has 0 spiro atoms. The molecule has 3 N–H and O–H groups in total. The van der Waals surface area contributed by atoms with Crippen molar-refractivity contribution >= 4 is 27.8 Å². The second-order valence-electron chi connectivity index (χ2n) is 7.61. The summed E-state index contributed by atoms with van der Waals surface area (Å²) in [7, 11) is 0.